The van der Waals surface area contributed by atoms with E-state index in [1.54, 1.807) is 0 Å². The number of hydrogen-bond donors (Lipinski definition) is 1. The molecular weight excluding hydrogens is 217 g/mol. The molecule has 1 saturated heterocycles. The lowest BCUT2D eigenvalue weighted by Gasteiger charge is -2.24. The lowest BCUT2D eigenvalue weighted by Crippen LogP contribution is -2.26. The standard InChI is InChI=1S/C11H13Cl2N/c12-8-4-5-9(10(13)7-8)11-3-1-2-6-14-11/h4-5,7,11,14H,1-3,6H2/t11-/m0/s1. The van der Waals surface area contributed by atoms with Crippen molar-refractivity contribution in [2.75, 3.05) is 6.54 Å². The van der Waals surface area contributed by atoms with E-state index >= 15 is 0 Å². The summed E-state index contributed by atoms with van der Waals surface area (Å²) >= 11 is 12.0. The minimum atomic E-state index is 0.411. The van der Waals surface area contributed by atoms with Gasteiger partial charge in [0, 0.05) is 16.1 Å². The zero-order valence-electron chi connectivity index (χ0n) is 7.89. The summed E-state index contributed by atoms with van der Waals surface area (Å²) in [7, 11) is 0. The molecule has 0 saturated carbocycles. The lowest BCUT2D eigenvalue weighted by molar-refractivity contribution is 0.412. The highest BCUT2D eigenvalue weighted by atomic mass is 35.5. The number of benzene rings is 1. The van der Waals surface area contributed by atoms with Crippen molar-refractivity contribution in [1.29, 1.82) is 0 Å². The molecule has 0 amide bonds. The molecule has 1 N–H and O–H groups in total. The number of halogens is 2. The molecule has 1 atom stereocenters. The Morgan fingerprint density at radius 1 is 1.21 bits per heavy atom. The van der Waals surface area contributed by atoms with Crippen LogP contribution in [-0.2, 0) is 0 Å². The third-order valence-electron chi connectivity index (χ3n) is 2.65. The van der Waals surface area contributed by atoms with Crippen molar-refractivity contribution in [3.63, 3.8) is 0 Å². The van der Waals surface area contributed by atoms with E-state index in [1.165, 1.54) is 24.8 Å². The molecule has 1 nitrogen and oxygen atoms in total. The quantitative estimate of drug-likeness (QED) is 0.773. The van der Waals surface area contributed by atoms with Gasteiger partial charge in [0.2, 0.25) is 0 Å². The monoisotopic (exact) mass is 229 g/mol. The summed E-state index contributed by atoms with van der Waals surface area (Å²) in [4.78, 5) is 0. The van der Waals surface area contributed by atoms with E-state index in [4.69, 9.17) is 23.2 Å². The predicted molar refractivity (Wildman–Crippen MR) is 61.1 cm³/mol. The molecule has 1 fully saturated rings. The molecule has 1 aromatic rings. The molecule has 0 unspecified atom stereocenters. The van der Waals surface area contributed by atoms with Crippen LogP contribution in [0.15, 0.2) is 18.2 Å². The Morgan fingerprint density at radius 3 is 2.71 bits per heavy atom. The maximum absolute atomic E-state index is 6.14. The molecule has 1 heterocycles. The zero-order chi connectivity index (χ0) is 9.97. The Bertz CT molecular complexity index is 319. The number of piperidine rings is 1. The lowest BCUT2D eigenvalue weighted by atomic mass is 9.98. The van der Waals surface area contributed by atoms with Gasteiger partial charge in [0.1, 0.15) is 0 Å². The smallest absolute Gasteiger partial charge is 0.0468 e. The summed E-state index contributed by atoms with van der Waals surface area (Å²) in [6.07, 6.45) is 3.71. The normalized spacial score (nSPS) is 22.3. The molecule has 1 aliphatic rings. The SMILES string of the molecule is Clc1ccc([C@@H]2CCCCN2)c(Cl)c1. The van der Waals surface area contributed by atoms with E-state index < -0.39 is 0 Å². The average Bonchev–Trinajstić information content (AvgIpc) is 2.19. The minimum absolute atomic E-state index is 0.411. The highest BCUT2D eigenvalue weighted by Gasteiger charge is 2.16. The van der Waals surface area contributed by atoms with Gasteiger partial charge in [-0.25, -0.2) is 0 Å². The van der Waals surface area contributed by atoms with E-state index in [0.717, 1.165) is 11.6 Å². The van der Waals surface area contributed by atoms with Gasteiger partial charge in [0.05, 0.1) is 0 Å². The van der Waals surface area contributed by atoms with Crippen molar-refractivity contribution in [2.45, 2.75) is 25.3 Å². The summed E-state index contributed by atoms with van der Waals surface area (Å²) in [5, 5.41) is 4.95. The Balaban J connectivity index is 2.22. The Morgan fingerprint density at radius 2 is 2.07 bits per heavy atom. The van der Waals surface area contributed by atoms with Gasteiger partial charge in [-0.3, -0.25) is 0 Å². The predicted octanol–water partition coefficient (Wildman–Crippen LogP) is 3.81. The van der Waals surface area contributed by atoms with Crippen LogP contribution in [0, 0.1) is 0 Å². The molecule has 3 heteroatoms. The summed E-state index contributed by atoms with van der Waals surface area (Å²) in [5.41, 5.74) is 1.18. The van der Waals surface area contributed by atoms with E-state index in [0.29, 0.717) is 11.1 Å². The molecule has 1 aliphatic heterocycles. The van der Waals surface area contributed by atoms with Crippen LogP contribution in [-0.4, -0.2) is 6.54 Å². The summed E-state index contributed by atoms with van der Waals surface area (Å²) in [6, 6.07) is 6.15. The van der Waals surface area contributed by atoms with Gasteiger partial charge in [-0.2, -0.15) is 0 Å². The van der Waals surface area contributed by atoms with Gasteiger partial charge in [0.25, 0.3) is 0 Å². The molecule has 0 aliphatic carbocycles. The molecule has 1 aromatic carbocycles. The first-order chi connectivity index (χ1) is 6.77. The van der Waals surface area contributed by atoms with Crippen LogP contribution in [0.3, 0.4) is 0 Å². The number of nitrogens with one attached hydrogen (secondary N) is 1. The first-order valence-corrected chi connectivity index (χ1v) is 5.71. The van der Waals surface area contributed by atoms with Gasteiger partial charge in [-0.15, -0.1) is 0 Å². The first-order valence-electron chi connectivity index (χ1n) is 4.96. The summed E-state index contributed by atoms with van der Waals surface area (Å²) in [5.74, 6) is 0. The second kappa shape index (κ2) is 4.52. The third-order valence-corrected chi connectivity index (χ3v) is 3.21. The molecule has 14 heavy (non-hydrogen) atoms. The van der Waals surface area contributed by atoms with Gasteiger partial charge in [0.15, 0.2) is 0 Å². The number of rotatable bonds is 1. The van der Waals surface area contributed by atoms with Crippen molar-refractivity contribution in [3.05, 3.63) is 33.8 Å². The fraction of sp³-hybridized carbons (Fsp3) is 0.455. The Labute approximate surface area is 94.4 Å². The van der Waals surface area contributed by atoms with Crippen LogP contribution in [0.5, 0.6) is 0 Å². The van der Waals surface area contributed by atoms with Crippen molar-refractivity contribution in [3.8, 4) is 0 Å². The van der Waals surface area contributed by atoms with Crippen LogP contribution in [0.25, 0.3) is 0 Å². The van der Waals surface area contributed by atoms with Crippen LogP contribution in [0.1, 0.15) is 30.9 Å². The molecule has 0 spiro atoms. The highest BCUT2D eigenvalue weighted by Crippen LogP contribution is 2.30. The van der Waals surface area contributed by atoms with E-state index in [9.17, 15) is 0 Å². The van der Waals surface area contributed by atoms with E-state index in [2.05, 4.69) is 5.32 Å². The Kier molecular flexibility index (Phi) is 3.32. The van der Waals surface area contributed by atoms with Crippen LogP contribution in [0.2, 0.25) is 10.0 Å². The van der Waals surface area contributed by atoms with Crippen molar-refractivity contribution < 1.29 is 0 Å². The van der Waals surface area contributed by atoms with E-state index in [-0.39, 0.29) is 0 Å². The zero-order valence-corrected chi connectivity index (χ0v) is 9.41. The van der Waals surface area contributed by atoms with Crippen LogP contribution in [0.4, 0.5) is 0 Å². The fourth-order valence-corrected chi connectivity index (χ4v) is 2.44. The maximum Gasteiger partial charge on any atom is 0.0468 e. The molecule has 2 rings (SSSR count). The largest absolute Gasteiger partial charge is 0.310 e. The molecule has 0 bridgehead atoms. The van der Waals surface area contributed by atoms with Crippen molar-refractivity contribution in [2.24, 2.45) is 0 Å². The topological polar surface area (TPSA) is 12.0 Å². The van der Waals surface area contributed by atoms with Gasteiger partial charge >= 0.3 is 0 Å². The fourth-order valence-electron chi connectivity index (χ4n) is 1.90. The highest BCUT2D eigenvalue weighted by molar-refractivity contribution is 6.35. The second-order valence-electron chi connectivity index (χ2n) is 3.67. The molecule has 0 aromatic heterocycles. The minimum Gasteiger partial charge on any atom is -0.310 e. The third kappa shape index (κ3) is 2.22. The van der Waals surface area contributed by atoms with Crippen LogP contribution >= 0.6 is 23.2 Å². The van der Waals surface area contributed by atoms with Crippen molar-refractivity contribution >= 4 is 23.2 Å². The first kappa shape index (κ1) is 10.3. The Hall–Kier alpha value is -0.240. The summed E-state index contributed by atoms with van der Waals surface area (Å²) < 4.78 is 0. The van der Waals surface area contributed by atoms with Gasteiger partial charge in [-0.1, -0.05) is 35.7 Å². The van der Waals surface area contributed by atoms with Crippen LogP contribution < -0.4 is 5.32 Å². The number of hydrogen-bond acceptors (Lipinski definition) is 1. The average molecular weight is 230 g/mol. The summed E-state index contributed by atoms with van der Waals surface area (Å²) in [6.45, 7) is 1.09. The maximum atomic E-state index is 6.14. The molecular formula is C11H13Cl2N. The molecule has 76 valence electrons. The van der Waals surface area contributed by atoms with E-state index in [1.807, 2.05) is 18.2 Å². The van der Waals surface area contributed by atoms with Gasteiger partial charge < -0.3 is 5.32 Å². The second-order valence-corrected chi connectivity index (χ2v) is 4.51. The van der Waals surface area contributed by atoms with Gasteiger partial charge in [-0.05, 0) is 37.1 Å². The van der Waals surface area contributed by atoms with Crippen molar-refractivity contribution in [1.82, 2.24) is 5.32 Å². The molecule has 0 radical (unpaired) electrons.